The Kier molecular flexibility index (Phi) is 42.6. The van der Waals surface area contributed by atoms with E-state index in [4.69, 9.17) is 10.2 Å². The van der Waals surface area contributed by atoms with Crippen molar-refractivity contribution in [3.05, 3.63) is 0 Å². The van der Waals surface area contributed by atoms with E-state index in [1.54, 1.807) is 6.92 Å². The maximum atomic E-state index is 7.88. The second-order valence-electron chi connectivity index (χ2n) is 2.75. The van der Waals surface area contributed by atoms with Crippen LogP contribution >= 0.6 is 0 Å². The molecule has 0 bridgehead atoms. The minimum Gasteiger partial charge on any atom is -0.397 e. The van der Waals surface area contributed by atoms with Crippen LogP contribution < -0.4 is 0 Å². The van der Waals surface area contributed by atoms with Crippen molar-refractivity contribution in [3.63, 3.8) is 0 Å². The van der Waals surface area contributed by atoms with E-state index in [9.17, 15) is 0 Å². The summed E-state index contributed by atoms with van der Waals surface area (Å²) in [6.07, 6.45) is 6.41. The predicted octanol–water partition coefficient (Wildman–Crippen LogP) is 2.97. The molecule has 0 fully saturated rings. The number of rotatable bonds is 4. The largest absolute Gasteiger partial charge is 0.397 e. The standard InChI is InChI=1S/C6H14.C3H8O.C2H6O/c1-3-5-6-4-2;1-2-3-4;1-2-3/h3-6H2,1-2H3;4H,2-3H2,1H3;3H,2H2,1H3. The van der Waals surface area contributed by atoms with Gasteiger partial charge in [0.1, 0.15) is 0 Å². The maximum Gasteiger partial charge on any atom is 0.0428 e. The molecule has 0 aliphatic heterocycles. The van der Waals surface area contributed by atoms with Crippen molar-refractivity contribution >= 4 is 0 Å². The molecule has 0 aromatic rings. The molecule has 0 heterocycles. The number of aliphatic hydroxyl groups excluding tert-OH is 2. The fourth-order valence-corrected chi connectivity index (χ4v) is 0.500. The topological polar surface area (TPSA) is 40.5 Å². The Balaban J connectivity index is -0.000000125. The predicted molar refractivity (Wildman–Crippen MR) is 60.0 cm³/mol. The highest BCUT2D eigenvalue weighted by Crippen LogP contribution is 1.95. The van der Waals surface area contributed by atoms with Crippen molar-refractivity contribution < 1.29 is 10.2 Å². The lowest BCUT2D eigenvalue weighted by Crippen LogP contribution is -1.69. The fourth-order valence-electron chi connectivity index (χ4n) is 0.500. The second kappa shape index (κ2) is 29.7. The number of aliphatic hydroxyl groups is 2. The summed E-state index contributed by atoms with van der Waals surface area (Å²) in [5, 5.41) is 15.4. The van der Waals surface area contributed by atoms with Gasteiger partial charge in [-0.2, -0.15) is 0 Å². The third-order valence-electron chi connectivity index (χ3n) is 1.18. The van der Waals surface area contributed by atoms with Crippen molar-refractivity contribution in [2.24, 2.45) is 0 Å². The molecule has 2 nitrogen and oxygen atoms in total. The van der Waals surface area contributed by atoms with E-state index >= 15 is 0 Å². The first-order chi connectivity index (χ1) is 6.24. The monoisotopic (exact) mass is 192 g/mol. The molecule has 13 heavy (non-hydrogen) atoms. The van der Waals surface area contributed by atoms with Gasteiger partial charge in [-0.3, -0.25) is 0 Å². The van der Waals surface area contributed by atoms with Crippen LogP contribution in [0.15, 0.2) is 0 Å². The average Bonchev–Trinajstić information content (AvgIpc) is 2.16. The molecule has 0 spiro atoms. The zero-order chi connectivity index (χ0) is 10.9. The van der Waals surface area contributed by atoms with Crippen LogP contribution in [0.2, 0.25) is 0 Å². The molecule has 0 radical (unpaired) electrons. The van der Waals surface area contributed by atoms with Gasteiger partial charge in [0.05, 0.1) is 0 Å². The fraction of sp³-hybridized carbons (Fsp3) is 1.00. The second-order valence-corrected chi connectivity index (χ2v) is 2.75. The molecule has 0 atom stereocenters. The quantitative estimate of drug-likeness (QED) is 0.672. The van der Waals surface area contributed by atoms with Crippen molar-refractivity contribution in [1.29, 1.82) is 0 Å². The molecule has 0 unspecified atom stereocenters. The lowest BCUT2D eigenvalue weighted by Gasteiger charge is -1.86. The van der Waals surface area contributed by atoms with Crippen LogP contribution in [0.1, 0.15) is 59.8 Å². The summed E-state index contributed by atoms with van der Waals surface area (Å²) >= 11 is 0. The van der Waals surface area contributed by atoms with Gasteiger partial charge < -0.3 is 10.2 Å². The van der Waals surface area contributed by atoms with Crippen LogP contribution in [0.4, 0.5) is 0 Å². The third kappa shape index (κ3) is 76.3. The highest BCUT2D eigenvalue weighted by atomic mass is 16.3. The molecule has 0 aromatic heterocycles. The van der Waals surface area contributed by atoms with E-state index in [1.165, 1.54) is 25.7 Å². The molecular formula is C11H28O2. The van der Waals surface area contributed by atoms with Gasteiger partial charge in [0.25, 0.3) is 0 Å². The molecule has 0 saturated heterocycles. The van der Waals surface area contributed by atoms with Crippen LogP contribution in [0, 0.1) is 0 Å². The molecule has 0 aliphatic carbocycles. The Bertz CT molecular complexity index is 41.4. The van der Waals surface area contributed by atoms with Gasteiger partial charge in [-0.05, 0) is 13.3 Å². The zero-order valence-electron chi connectivity index (χ0n) is 9.84. The summed E-state index contributed by atoms with van der Waals surface area (Å²) < 4.78 is 0. The average molecular weight is 192 g/mol. The van der Waals surface area contributed by atoms with E-state index in [0.29, 0.717) is 6.61 Å². The summed E-state index contributed by atoms with van der Waals surface area (Å²) in [5.41, 5.74) is 0. The first-order valence-corrected chi connectivity index (χ1v) is 5.46. The Morgan fingerprint density at radius 3 is 1.00 bits per heavy atom. The lowest BCUT2D eigenvalue weighted by molar-refractivity contribution is 0.295. The number of unbranched alkanes of at least 4 members (excludes halogenated alkanes) is 3. The summed E-state index contributed by atoms with van der Waals surface area (Å²) in [4.78, 5) is 0. The minimum atomic E-state index is 0.250. The van der Waals surface area contributed by atoms with Crippen LogP contribution in [0.5, 0.6) is 0 Å². The van der Waals surface area contributed by atoms with Gasteiger partial charge in [0, 0.05) is 13.2 Å². The molecule has 84 valence electrons. The van der Waals surface area contributed by atoms with Gasteiger partial charge >= 0.3 is 0 Å². The highest BCUT2D eigenvalue weighted by Gasteiger charge is 1.75. The smallest absolute Gasteiger partial charge is 0.0428 e. The normalized spacial score (nSPS) is 7.85. The van der Waals surface area contributed by atoms with E-state index < -0.39 is 0 Å². The summed E-state index contributed by atoms with van der Waals surface area (Å²) in [7, 11) is 0. The first-order valence-electron chi connectivity index (χ1n) is 5.46. The molecule has 0 aliphatic rings. The van der Waals surface area contributed by atoms with Crippen LogP contribution in [0.25, 0.3) is 0 Å². The third-order valence-corrected chi connectivity index (χ3v) is 1.18. The highest BCUT2D eigenvalue weighted by molar-refractivity contribution is 4.31. The molecule has 0 saturated carbocycles. The summed E-state index contributed by atoms with van der Waals surface area (Å²) in [5.74, 6) is 0. The van der Waals surface area contributed by atoms with Crippen LogP contribution in [-0.4, -0.2) is 23.4 Å². The van der Waals surface area contributed by atoms with E-state index in [-0.39, 0.29) is 6.61 Å². The lowest BCUT2D eigenvalue weighted by atomic mass is 10.2. The van der Waals surface area contributed by atoms with Crippen molar-refractivity contribution in [2.45, 2.75) is 59.8 Å². The molecule has 0 amide bonds. The minimum absolute atomic E-state index is 0.250. The Morgan fingerprint density at radius 1 is 0.692 bits per heavy atom. The van der Waals surface area contributed by atoms with Crippen molar-refractivity contribution in [1.82, 2.24) is 0 Å². The molecular weight excluding hydrogens is 164 g/mol. The van der Waals surface area contributed by atoms with Crippen LogP contribution in [0.3, 0.4) is 0 Å². The van der Waals surface area contributed by atoms with Crippen molar-refractivity contribution in [3.8, 4) is 0 Å². The maximum absolute atomic E-state index is 7.88. The van der Waals surface area contributed by atoms with E-state index in [1.807, 2.05) is 6.92 Å². The van der Waals surface area contributed by atoms with Gasteiger partial charge in [-0.25, -0.2) is 0 Å². The van der Waals surface area contributed by atoms with Crippen LogP contribution in [-0.2, 0) is 0 Å². The van der Waals surface area contributed by atoms with Gasteiger partial charge in [0.15, 0.2) is 0 Å². The van der Waals surface area contributed by atoms with Crippen molar-refractivity contribution in [2.75, 3.05) is 13.2 Å². The zero-order valence-corrected chi connectivity index (χ0v) is 9.84. The van der Waals surface area contributed by atoms with E-state index in [0.717, 1.165) is 6.42 Å². The van der Waals surface area contributed by atoms with Gasteiger partial charge in [-0.1, -0.05) is 46.5 Å². The van der Waals surface area contributed by atoms with Gasteiger partial charge in [0.2, 0.25) is 0 Å². The summed E-state index contributed by atoms with van der Waals surface area (Å²) in [6.45, 7) is 8.64. The number of hydrogen-bond acceptors (Lipinski definition) is 2. The first kappa shape index (κ1) is 18.7. The Morgan fingerprint density at radius 2 is 0.923 bits per heavy atom. The molecule has 0 rings (SSSR count). The molecule has 2 N–H and O–H groups in total. The molecule has 2 heteroatoms. The Hall–Kier alpha value is -0.0800. The SMILES string of the molecule is CCCCCC.CCCO.CCO. The van der Waals surface area contributed by atoms with Gasteiger partial charge in [-0.15, -0.1) is 0 Å². The Labute approximate surface area is 84.0 Å². The summed E-state index contributed by atoms with van der Waals surface area (Å²) in [6, 6.07) is 0. The molecule has 0 aromatic carbocycles. The number of hydrogen-bond donors (Lipinski definition) is 2. The van der Waals surface area contributed by atoms with E-state index in [2.05, 4.69) is 13.8 Å².